The first kappa shape index (κ1) is 16.0. The van der Waals surface area contributed by atoms with Crippen LogP contribution in [0.1, 0.15) is 73.1 Å². The second-order valence-corrected chi connectivity index (χ2v) is 7.19. The van der Waals surface area contributed by atoms with Gasteiger partial charge in [0.1, 0.15) is 0 Å². The molecule has 1 saturated carbocycles. The zero-order valence-electron chi connectivity index (χ0n) is 13.1. The summed E-state index contributed by atoms with van der Waals surface area (Å²) in [6, 6.07) is 0. The van der Waals surface area contributed by atoms with Gasteiger partial charge in [0.15, 0.2) is 0 Å². The summed E-state index contributed by atoms with van der Waals surface area (Å²) in [5, 5.41) is 3.65. The predicted octanol–water partition coefficient (Wildman–Crippen LogP) is 4.14. The van der Waals surface area contributed by atoms with Crippen LogP contribution >= 0.6 is 0 Å². The first-order chi connectivity index (χ1) is 8.37. The van der Waals surface area contributed by atoms with Crippen molar-refractivity contribution in [1.29, 1.82) is 0 Å². The van der Waals surface area contributed by atoms with Gasteiger partial charge in [0.25, 0.3) is 0 Å². The lowest BCUT2D eigenvalue weighted by Gasteiger charge is -2.42. The van der Waals surface area contributed by atoms with E-state index in [1.165, 1.54) is 38.5 Å². The molecule has 0 amide bonds. The third-order valence-corrected chi connectivity index (χ3v) is 3.90. The third-order valence-electron chi connectivity index (χ3n) is 3.90. The Labute approximate surface area is 114 Å². The van der Waals surface area contributed by atoms with Crippen LogP contribution in [-0.4, -0.2) is 24.3 Å². The number of ether oxygens (including phenoxy) is 1. The minimum atomic E-state index is 0.0973. The molecule has 1 aliphatic carbocycles. The van der Waals surface area contributed by atoms with Gasteiger partial charge in [0.05, 0.1) is 5.60 Å². The van der Waals surface area contributed by atoms with Crippen molar-refractivity contribution < 1.29 is 4.74 Å². The molecule has 108 valence electrons. The van der Waals surface area contributed by atoms with Gasteiger partial charge in [-0.1, -0.05) is 33.1 Å². The lowest BCUT2D eigenvalue weighted by molar-refractivity contribution is -0.0828. The van der Waals surface area contributed by atoms with E-state index in [2.05, 4.69) is 39.9 Å². The SMILES string of the molecule is CCCCOC1(CNC(C)(C)C)CCCC(C)C1. The van der Waals surface area contributed by atoms with E-state index in [-0.39, 0.29) is 11.1 Å². The van der Waals surface area contributed by atoms with Crippen LogP contribution in [0.25, 0.3) is 0 Å². The average Bonchev–Trinajstić information content (AvgIpc) is 2.26. The lowest BCUT2D eigenvalue weighted by atomic mass is 9.78. The Morgan fingerprint density at radius 1 is 1.33 bits per heavy atom. The fraction of sp³-hybridized carbons (Fsp3) is 1.00. The second-order valence-electron chi connectivity index (χ2n) is 7.19. The van der Waals surface area contributed by atoms with E-state index in [0.717, 1.165) is 19.1 Å². The fourth-order valence-electron chi connectivity index (χ4n) is 2.81. The van der Waals surface area contributed by atoms with Crippen LogP contribution in [0.3, 0.4) is 0 Å². The Kier molecular flexibility index (Phi) is 6.13. The van der Waals surface area contributed by atoms with Crippen molar-refractivity contribution in [2.24, 2.45) is 5.92 Å². The number of hydrogen-bond donors (Lipinski definition) is 1. The maximum Gasteiger partial charge on any atom is 0.0809 e. The molecule has 0 aromatic heterocycles. The minimum Gasteiger partial charge on any atom is -0.374 e. The fourth-order valence-corrected chi connectivity index (χ4v) is 2.81. The van der Waals surface area contributed by atoms with Crippen LogP contribution < -0.4 is 5.32 Å². The summed E-state index contributed by atoms with van der Waals surface area (Å²) in [4.78, 5) is 0. The molecule has 1 aliphatic rings. The highest BCUT2D eigenvalue weighted by Crippen LogP contribution is 2.35. The highest BCUT2D eigenvalue weighted by Gasteiger charge is 2.36. The molecule has 0 saturated heterocycles. The largest absolute Gasteiger partial charge is 0.374 e. The van der Waals surface area contributed by atoms with Crippen LogP contribution in [0.15, 0.2) is 0 Å². The summed E-state index contributed by atoms with van der Waals surface area (Å²) in [6.07, 6.45) is 7.54. The molecule has 0 radical (unpaired) electrons. The Bertz CT molecular complexity index is 234. The van der Waals surface area contributed by atoms with Gasteiger partial charge >= 0.3 is 0 Å². The highest BCUT2D eigenvalue weighted by atomic mass is 16.5. The molecule has 0 aromatic carbocycles. The van der Waals surface area contributed by atoms with Gasteiger partial charge in [-0.25, -0.2) is 0 Å². The number of hydrogen-bond acceptors (Lipinski definition) is 2. The van der Waals surface area contributed by atoms with Crippen molar-refractivity contribution in [3.05, 3.63) is 0 Å². The van der Waals surface area contributed by atoms with E-state index in [4.69, 9.17) is 4.74 Å². The molecule has 2 unspecified atom stereocenters. The Morgan fingerprint density at radius 3 is 2.61 bits per heavy atom. The average molecular weight is 255 g/mol. The molecule has 2 nitrogen and oxygen atoms in total. The zero-order chi connectivity index (χ0) is 13.6. The molecule has 1 rings (SSSR count). The monoisotopic (exact) mass is 255 g/mol. The first-order valence-electron chi connectivity index (χ1n) is 7.76. The Balaban J connectivity index is 2.55. The maximum absolute atomic E-state index is 6.31. The minimum absolute atomic E-state index is 0.0973. The van der Waals surface area contributed by atoms with Gasteiger partial charge in [-0.2, -0.15) is 0 Å². The number of rotatable bonds is 6. The van der Waals surface area contributed by atoms with Crippen molar-refractivity contribution in [2.75, 3.05) is 13.2 Å². The summed E-state index contributed by atoms with van der Waals surface area (Å²) >= 11 is 0. The Hall–Kier alpha value is -0.0800. The van der Waals surface area contributed by atoms with E-state index in [0.29, 0.717) is 0 Å². The number of nitrogens with one attached hydrogen (secondary N) is 1. The summed E-state index contributed by atoms with van der Waals surface area (Å²) in [6.45, 7) is 13.2. The summed E-state index contributed by atoms with van der Waals surface area (Å²) in [5.74, 6) is 0.808. The number of unbranched alkanes of at least 4 members (excludes halogenated alkanes) is 1. The molecular weight excluding hydrogens is 222 g/mol. The van der Waals surface area contributed by atoms with E-state index in [1.54, 1.807) is 0 Å². The van der Waals surface area contributed by atoms with Crippen molar-refractivity contribution in [2.45, 2.75) is 84.3 Å². The third kappa shape index (κ3) is 5.71. The molecule has 0 aromatic rings. The van der Waals surface area contributed by atoms with Gasteiger partial charge in [-0.15, -0.1) is 0 Å². The molecule has 18 heavy (non-hydrogen) atoms. The quantitative estimate of drug-likeness (QED) is 0.720. The molecule has 1 N–H and O–H groups in total. The smallest absolute Gasteiger partial charge is 0.0809 e. The van der Waals surface area contributed by atoms with Crippen molar-refractivity contribution in [1.82, 2.24) is 5.32 Å². The maximum atomic E-state index is 6.31. The zero-order valence-corrected chi connectivity index (χ0v) is 13.1. The van der Waals surface area contributed by atoms with E-state index >= 15 is 0 Å². The molecule has 2 heteroatoms. The van der Waals surface area contributed by atoms with Crippen LogP contribution in [0, 0.1) is 5.92 Å². The molecule has 0 heterocycles. The highest BCUT2D eigenvalue weighted by molar-refractivity contribution is 4.91. The molecule has 0 spiro atoms. The normalized spacial score (nSPS) is 29.5. The van der Waals surface area contributed by atoms with Gasteiger partial charge in [0, 0.05) is 18.7 Å². The van der Waals surface area contributed by atoms with E-state index < -0.39 is 0 Å². The van der Waals surface area contributed by atoms with E-state index in [1.807, 2.05) is 0 Å². The van der Waals surface area contributed by atoms with Crippen molar-refractivity contribution >= 4 is 0 Å². The second kappa shape index (κ2) is 6.91. The molecular formula is C16H33NO. The first-order valence-corrected chi connectivity index (χ1v) is 7.76. The van der Waals surface area contributed by atoms with Crippen LogP contribution in [0.4, 0.5) is 0 Å². The summed E-state index contributed by atoms with van der Waals surface area (Å²) in [5.41, 5.74) is 0.280. The molecule has 1 fully saturated rings. The lowest BCUT2D eigenvalue weighted by Crippen LogP contribution is -2.51. The molecule has 0 bridgehead atoms. The van der Waals surface area contributed by atoms with Crippen molar-refractivity contribution in [3.63, 3.8) is 0 Å². The van der Waals surface area contributed by atoms with Gasteiger partial charge < -0.3 is 10.1 Å². The Morgan fingerprint density at radius 2 is 2.06 bits per heavy atom. The van der Waals surface area contributed by atoms with Crippen molar-refractivity contribution in [3.8, 4) is 0 Å². The standard InChI is InChI=1S/C16H33NO/c1-6-7-11-18-16(13-17-15(3,4)5)10-8-9-14(2)12-16/h14,17H,6-13H2,1-5H3. The van der Waals surface area contributed by atoms with Gasteiger partial charge in [0.2, 0.25) is 0 Å². The molecule has 0 aliphatic heterocycles. The topological polar surface area (TPSA) is 21.3 Å². The predicted molar refractivity (Wildman–Crippen MR) is 79.0 cm³/mol. The van der Waals surface area contributed by atoms with Gasteiger partial charge in [-0.05, 0) is 46.0 Å². The van der Waals surface area contributed by atoms with Crippen LogP contribution in [0.5, 0.6) is 0 Å². The van der Waals surface area contributed by atoms with Crippen LogP contribution in [0.2, 0.25) is 0 Å². The van der Waals surface area contributed by atoms with Crippen LogP contribution in [-0.2, 0) is 4.74 Å². The van der Waals surface area contributed by atoms with Gasteiger partial charge in [-0.3, -0.25) is 0 Å². The van der Waals surface area contributed by atoms with E-state index in [9.17, 15) is 0 Å². The summed E-state index contributed by atoms with van der Waals surface area (Å²) < 4.78 is 6.31. The summed E-state index contributed by atoms with van der Waals surface area (Å²) in [7, 11) is 0. The molecule has 2 atom stereocenters.